The number of nitro groups is 1. The third-order valence-electron chi connectivity index (χ3n) is 6.75. The van der Waals surface area contributed by atoms with Crippen molar-refractivity contribution in [1.82, 2.24) is 20.0 Å². The summed E-state index contributed by atoms with van der Waals surface area (Å²) in [5, 5.41) is 14.2. The molecule has 0 aromatic heterocycles. The average Bonchev–Trinajstić information content (AvgIpc) is 3.45. The van der Waals surface area contributed by atoms with E-state index in [2.05, 4.69) is 5.32 Å². The predicted octanol–water partition coefficient (Wildman–Crippen LogP) is 2.81. The first kappa shape index (κ1) is 23.7. The molecular formula is C24H31N5O5. The van der Waals surface area contributed by atoms with Crippen molar-refractivity contribution in [2.75, 3.05) is 26.2 Å². The molecule has 4 rings (SSSR count). The van der Waals surface area contributed by atoms with Crippen LogP contribution in [0, 0.1) is 16.0 Å². The summed E-state index contributed by atoms with van der Waals surface area (Å²) in [6.45, 7) is 7.78. The van der Waals surface area contributed by atoms with E-state index in [1.54, 1.807) is 17.0 Å². The second-order valence-electron chi connectivity index (χ2n) is 9.45. The Hall–Kier alpha value is -3.43. The molecule has 182 valence electrons. The van der Waals surface area contributed by atoms with Gasteiger partial charge in [-0.1, -0.05) is 26.0 Å². The van der Waals surface area contributed by atoms with Crippen molar-refractivity contribution >= 4 is 23.5 Å². The molecule has 0 spiro atoms. The smallest absolute Gasteiger partial charge is 0.322 e. The number of carbonyl (C=O) groups excluding carboxylic acids is 3. The Bertz CT molecular complexity index is 1050. The first-order chi connectivity index (χ1) is 16.2. The monoisotopic (exact) mass is 469 g/mol. The number of nitrogens with one attached hydrogen (secondary N) is 1. The fourth-order valence-electron chi connectivity index (χ4n) is 5.12. The molecule has 2 atom stereocenters. The van der Waals surface area contributed by atoms with Gasteiger partial charge in [-0.2, -0.15) is 0 Å². The minimum atomic E-state index is -0.815. The van der Waals surface area contributed by atoms with Gasteiger partial charge in [0.2, 0.25) is 5.91 Å². The van der Waals surface area contributed by atoms with E-state index in [9.17, 15) is 24.5 Å². The van der Waals surface area contributed by atoms with E-state index in [1.165, 1.54) is 17.0 Å². The lowest BCUT2D eigenvalue weighted by Gasteiger charge is -2.33. The molecule has 1 N–H and O–H groups in total. The van der Waals surface area contributed by atoms with E-state index in [4.69, 9.17) is 0 Å². The number of non-ortho nitro benzene ring substituents is 1. The number of likely N-dealkylation sites (tertiary alicyclic amines) is 1. The van der Waals surface area contributed by atoms with Gasteiger partial charge in [0.25, 0.3) is 11.6 Å². The molecular weight excluding hydrogens is 438 g/mol. The summed E-state index contributed by atoms with van der Waals surface area (Å²) in [5.74, 6) is -0.159. The Balaban J connectivity index is 1.72. The molecule has 0 saturated carbocycles. The van der Waals surface area contributed by atoms with Crippen LogP contribution in [0.5, 0.6) is 0 Å². The number of nitro benzene ring substituents is 1. The van der Waals surface area contributed by atoms with E-state index in [0.29, 0.717) is 42.9 Å². The number of nitrogens with zero attached hydrogens (tertiary/aromatic N) is 4. The molecule has 3 heterocycles. The maximum Gasteiger partial charge on any atom is 0.322 e. The van der Waals surface area contributed by atoms with Gasteiger partial charge in [-0.15, -0.1) is 0 Å². The van der Waals surface area contributed by atoms with Gasteiger partial charge in [-0.05, 0) is 37.7 Å². The van der Waals surface area contributed by atoms with Gasteiger partial charge in [0, 0.05) is 31.8 Å². The zero-order valence-electron chi connectivity index (χ0n) is 19.8. The van der Waals surface area contributed by atoms with Crippen molar-refractivity contribution in [3.8, 4) is 0 Å². The Morgan fingerprint density at radius 2 is 1.94 bits per heavy atom. The van der Waals surface area contributed by atoms with Crippen molar-refractivity contribution in [2.24, 2.45) is 5.92 Å². The first-order valence-corrected chi connectivity index (χ1v) is 11.9. The molecule has 0 bridgehead atoms. The molecule has 1 saturated heterocycles. The fourth-order valence-corrected chi connectivity index (χ4v) is 5.12. The highest BCUT2D eigenvalue weighted by molar-refractivity contribution is 6.03. The maximum absolute atomic E-state index is 13.8. The molecule has 10 nitrogen and oxygen atoms in total. The van der Waals surface area contributed by atoms with E-state index in [0.717, 1.165) is 12.8 Å². The van der Waals surface area contributed by atoms with Crippen LogP contribution >= 0.6 is 0 Å². The van der Waals surface area contributed by atoms with Gasteiger partial charge in [0.1, 0.15) is 6.04 Å². The Morgan fingerprint density at radius 3 is 2.56 bits per heavy atom. The SMILES string of the molecule is CCN1C(=O)NC(c2cccc([N+](=O)[O-])c2)C2=C1CN(C(CC(C)C)C(=O)N1CCCC1)C2=O. The molecule has 3 aliphatic rings. The number of amides is 4. The van der Waals surface area contributed by atoms with Crippen LogP contribution < -0.4 is 5.32 Å². The molecule has 34 heavy (non-hydrogen) atoms. The molecule has 1 fully saturated rings. The molecule has 0 radical (unpaired) electrons. The summed E-state index contributed by atoms with van der Waals surface area (Å²) in [5.41, 5.74) is 1.30. The zero-order chi connectivity index (χ0) is 24.6. The third kappa shape index (κ3) is 4.24. The summed E-state index contributed by atoms with van der Waals surface area (Å²) >= 11 is 0. The number of urea groups is 1. The van der Waals surface area contributed by atoms with Crippen LogP contribution in [0.25, 0.3) is 0 Å². The second kappa shape index (κ2) is 9.44. The van der Waals surface area contributed by atoms with Crippen LogP contribution in [0.15, 0.2) is 35.5 Å². The summed E-state index contributed by atoms with van der Waals surface area (Å²) in [4.78, 5) is 56.0. The lowest BCUT2D eigenvalue weighted by molar-refractivity contribution is -0.384. The molecule has 10 heteroatoms. The zero-order valence-corrected chi connectivity index (χ0v) is 19.8. The number of hydrogen-bond donors (Lipinski definition) is 1. The first-order valence-electron chi connectivity index (χ1n) is 11.9. The maximum atomic E-state index is 13.8. The lowest BCUT2D eigenvalue weighted by atomic mass is 9.95. The lowest BCUT2D eigenvalue weighted by Crippen LogP contribution is -2.50. The number of rotatable bonds is 7. The van der Waals surface area contributed by atoms with E-state index in [-0.39, 0.29) is 36.0 Å². The Kier molecular flexibility index (Phi) is 6.58. The molecule has 2 unspecified atom stereocenters. The van der Waals surface area contributed by atoms with E-state index < -0.39 is 17.0 Å². The third-order valence-corrected chi connectivity index (χ3v) is 6.75. The minimum Gasteiger partial charge on any atom is -0.341 e. The van der Waals surface area contributed by atoms with Gasteiger partial charge in [-0.3, -0.25) is 24.6 Å². The fraction of sp³-hybridized carbons (Fsp3) is 0.542. The number of hydrogen-bond acceptors (Lipinski definition) is 5. The van der Waals surface area contributed by atoms with E-state index in [1.807, 2.05) is 25.7 Å². The quantitative estimate of drug-likeness (QED) is 0.487. The van der Waals surface area contributed by atoms with Crippen molar-refractivity contribution in [1.29, 1.82) is 0 Å². The number of benzene rings is 1. The van der Waals surface area contributed by atoms with Crippen molar-refractivity contribution in [2.45, 2.75) is 52.1 Å². The van der Waals surface area contributed by atoms with Crippen LogP contribution in [0.3, 0.4) is 0 Å². The van der Waals surface area contributed by atoms with Gasteiger partial charge < -0.3 is 15.1 Å². The van der Waals surface area contributed by atoms with E-state index >= 15 is 0 Å². The average molecular weight is 470 g/mol. The summed E-state index contributed by atoms with van der Waals surface area (Å²) in [6, 6.07) is 4.17. The van der Waals surface area contributed by atoms with Crippen LogP contribution in [0.1, 0.15) is 51.6 Å². The highest BCUT2D eigenvalue weighted by atomic mass is 16.6. The number of likely N-dealkylation sites (N-methyl/N-ethyl adjacent to an activating group) is 1. The normalized spacial score (nSPS) is 21.3. The highest BCUT2D eigenvalue weighted by Crippen LogP contribution is 2.38. The predicted molar refractivity (Wildman–Crippen MR) is 125 cm³/mol. The highest BCUT2D eigenvalue weighted by Gasteiger charge is 2.47. The van der Waals surface area contributed by atoms with Gasteiger partial charge >= 0.3 is 6.03 Å². The van der Waals surface area contributed by atoms with Crippen LogP contribution in [0.4, 0.5) is 10.5 Å². The number of carbonyl (C=O) groups is 3. The summed E-state index contributed by atoms with van der Waals surface area (Å²) < 4.78 is 0. The van der Waals surface area contributed by atoms with Gasteiger partial charge in [0.05, 0.1) is 28.8 Å². The van der Waals surface area contributed by atoms with Crippen molar-refractivity contribution < 1.29 is 19.3 Å². The largest absolute Gasteiger partial charge is 0.341 e. The molecule has 3 aliphatic heterocycles. The molecule has 0 aliphatic carbocycles. The topological polar surface area (TPSA) is 116 Å². The van der Waals surface area contributed by atoms with Crippen LogP contribution in [0.2, 0.25) is 0 Å². The second-order valence-corrected chi connectivity index (χ2v) is 9.45. The molecule has 4 amide bonds. The van der Waals surface area contributed by atoms with Crippen LogP contribution in [-0.4, -0.2) is 69.7 Å². The Morgan fingerprint density at radius 1 is 1.24 bits per heavy atom. The van der Waals surface area contributed by atoms with Gasteiger partial charge in [-0.25, -0.2) is 4.79 Å². The Labute approximate surface area is 198 Å². The molecule has 1 aromatic rings. The van der Waals surface area contributed by atoms with Crippen molar-refractivity contribution in [3.05, 3.63) is 51.2 Å². The van der Waals surface area contributed by atoms with Crippen LogP contribution in [-0.2, 0) is 9.59 Å². The summed E-state index contributed by atoms with van der Waals surface area (Å²) in [6.07, 6.45) is 2.44. The van der Waals surface area contributed by atoms with Crippen molar-refractivity contribution in [3.63, 3.8) is 0 Å². The minimum absolute atomic E-state index is 0.0476. The summed E-state index contributed by atoms with van der Waals surface area (Å²) in [7, 11) is 0. The standard InChI is InChI=1S/C24H31N5O5/c1-4-27-19-14-28(18(12-15(2)3)22(30)26-10-5-6-11-26)23(31)20(19)21(25-24(27)32)16-8-7-9-17(13-16)29(33)34/h7-9,13,15,18,21H,4-6,10-12,14H2,1-3H3,(H,25,32). The van der Waals surface area contributed by atoms with Gasteiger partial charge in [0.15, 0.2) is 0 Å². The molecule has 1 aromatic carbocycles.